The van der Waals surface area contributed by atoms with Crippen LogP contribution in [0.5, 0.6) is 5.75 Å². The highest BCUT2D eigenvalue weighted by Gasteiger charge is 2.27. The number of hydrogen-bond donors (Lipinski definition) is 2. The summed E-state index contributed by atoms with van der Waals surface area (Å²) in [7, 11) is 1.24. The van der Waals surface area contributed by atoms with Gasteiger partial charge >= 0.3 is 5.97 Å². The van der Waals surface area contributed by atoms with Gasteiger partial charge in [-0.05, 0) is 18.6 Å². The first-order valence-corrected chi connectivity index (χ1v) is 5.32. The minimum Gasteiger partial charge on any atom is -0.496 e. The molecule has 0 aliphatic carbocycles. The third-order valence-electron chi connectivity index (χ3n) is 2.77. The summed E-state index contributed by atoms with van der Waals surface area (Å²) in [4.78, 5) is 11.1. The van der Waals surface area contributed by atoms with Crippen molar-refractivity contribution in [3.63, 3.8) is 0 Å². The number of carbonyl (C=O) groups is 1. The first-order chi connectivity index (χ1) is 8.43. The standard InChI is InChI=1S/C12H15F2NO3/c1-6-3-4-7(11(13)14)10(18-2)9(6)8(5-15)12(16)17/h3-4,8,11H,5,15H2,1-2H3,(H,16,17). The van der Waals surface area contributed by atoms with Gasteiger partial charge in [0.1, 0.15) is 5.75 Å². The Morgan fingerprint density at radius 2 is 2.11 bits per heavy atom. The highest BCUT2D eigenvalue weighted by atomic mass is 19.3. The van der Waals surface area contributed by atoms with Crippen molar-refractivity contribution in [2.24, 2.45) is 5.73 Å². The van der Waals surface area contributed by atoms with Gasteiger partial charge < -0.3 is 15.6 Å². The lowest BCUT2D eigenvalue weighted by Gasteiger charge is -2.19. The number of alkyl halides is 2. The molecule has 1 aromatic rings. The summed E-state index contributed by atoms with van der Waals surface area (Å²) in [5.41, 5.74) is 5.86. The van der Waals surface area contributed by atoms with Crippen LogP contribution in [0.1, 0.15) is 29.0 Å². The van der Waals surface area contributed by atoms with E-state index >= 15 is 0 Å². The largest absolute Gasteiger partial charge is 0.496 e. The molecule has 0 spiro atoms. The molecular weight excluding hydrogens is 244 g/mol. The molecule has 6 heteroatoms. The summed E-state index contributed by atoms with van der Waals surface area (Å²) in [5.74, 6) is -2.31. The van der Waals surface area contributed by atoms with E-state index in [1.165, 1.54) is 19.2 Å². The zero-order chi connectivity index (χ0) is 13.9. The molecule has 0 saturated carbocycles. The van der Waals surface area contributed by atoms with Crippen LogP contribution in [0.2, 0.25) is 0 Å². The molecule has 0 fully saturated rings. The van der Waals surface area contributed by atoms with E-state index < -0.39 is 18.3 Å². The van der Waals surface area contributed by atoms with E-state index in [9.17, 15) is 13.6 Å². The Kier molecular flexibility index (Phi) is 4.61. The lowest BCUT2D eigenvalue weighted by molar-refractivity contribution is -0.138. The van der Waals surface area contributed by atoms with Crippen LogP contribution in [0.3, 0.4) is 0 Å². The fraction of sp³-hybridized carbons (Fsp3) is 0.417. The molecule has 1 unspecified atom stereocenters. The van der Waals surface area contributed by atoms with Crippen molar-refractivity contribution in [3.8, 4) is 5.75 Å². The third kappa shape index (κ3) is 2.59. The highest BCUT2D eigenvalue weighted by Crippen LogP contribution is 2.37. The Labute approximate surface area is 103 Å². The van der Waals surface area contributed by atoms with Crippen LogP contribution in [-0.2, 0) is 4.79 Å². The smallest absolute Gasteiger partial charge is 0.312 e. The maximum Gasteiger partial charge on any atom is 0.312 e. The molecule has 18 heavy (non-hydrogen) atoms. The van der Waals surface area contributed by atoms with Gasteiger partial charge in [-0.2, -0.15) is 0 Å². The number of carboxylic acids is 1. The molecule has 4 nitrogen and oxygen atoms in total. The number of benzene rings is 1. The summed E-state index contributed by atoms with van der Waals surface area (Å²) < 4.78 is 30.6. The van der Waals surface area contributed by atoms with Crippen LogP contribution in [0.4, 0.5) is 8.78 Å². The van der Waals surface area contributed by atoms with Crippen LogP contribution >= 0.6 is 0 Å². The second-order valence-electron chi connectivity index (χ2n) is 3.85. The summed E-state index contributed by atoms with van der Waals surface area (Å²) in [6.45, 7) is 1.46. The van der Waals surface area contributed by atoms with Gasteiger partial charge in [-0.1, -0.05) is 6.07 Å². The quantitative estimate of drug-likeness (QED) is 0.849. The molecule has 0 radical (unpaired) electrons. The van der Waals surface area contributed by atoms with E-state index in [2.05, 4.69) is 0 Å². The average molecular weight is 259 g/mol. The summed E-state index contributed by atoms with van der Waals surface area (Å²) >= 11 is 0. The van der Waals surface area contributed by atoms with Gasteiger partial charge in [0.25, 0.3) is 6.43 Å². The van der Waals surface area contributed by atoms with Crippen molar-refractivity contribution in [2.75, 3.05) is 13.7 Å². The van der Waals surface area contributed by atoms with E-state index in [0.717, 1.165) is 0 Å². The maximum atomic E-state index is 12.8. The van der Waals surface area contributed by atoms with Gasteiger partial charge in [0.2, 0.25) is 0 Å². The second-order valence-corrected chi connectivity index (χ2v) is 3.85. The van der Waals surface area contributed by atoms with Gasteiger partial charge in [0.05, 0.1) is 18.6 Å². The number of halogens is 2. The summed E-state index contributed by atoms with van der Waals surface area (Å²) in [5, 5.41) is 9.08. The lowest BCUT2D eigenvalue weighted by Crippen LogP contribution is -2.23. The summed E-state index contributed by atoms with van der Waals surface area (Å²) in [6.07, 6.45) is -2.73. The number of aryl methyl sites for hydroxylation is 1. The van der Waals surface area contributed by atoms with Crippen molar-refractivity contribution in [3.05, 3.63) is 28.8 Å². The van der Waals surface area contributed by atoms with Gasteiger partial charge in [-0.15, -0.1) is 0 Å². The van der Waals surface area contributed by atoms with E-state index in [1.54, 1.807) is 6.92 Å². The number of rotatable bonds is 5. The van der Waals surface area contributed by atoms with Crippen LogP contribution in [0.25, 0.3) is 0 Å². The molecular formula is C12H15F2NO3. The Bertz CT molecular complexity index is 449. The van der Waals surface area contributed by atoms with Crippen molar-refractivity contribution < 1.29 is 23.4 Å². The molecule has 3 N–H and O–H groups in total. The fourth-order valence-electron chi connectivity index (χ4n) is 1.89. The average Bonchev–Trinajstić information content (AvgIpc) is 2.30. The van der Waals surface area contributed by atoms with Gasteiger partial charge in [-0.25, -0.2) is 8.78 Å². The molecule has 0 aliphatic rings. The van der Waals surface area contributed by atoms with Crippen molar-refractivity contribution in [2.45, 2.75) is 19.3 Å². The number of hydrogen-bond acceptors (Lipinski definition) is 3. The molecule has 0 heterocycles. The Balaban J connectivity index is 3.49. The number of methoxy groups -OCH3 is 1. The van der Waals surface area contributed by atoms with E-state index in [1.807, 2.05) is 0 Å². The van der Waals surface area contributed by atoms with Crippen LogP contribution < -0.4 is 10.5 Å². The molecule has 0 aromatic heterocycles. The van der Waals surface area contributed by atoms with Crippen molar-refractivity contribution in [1.29, 1.82) is 0 Å². The molecule has 0 bridgehead atoms. The topological polar surface area (TPSA) is 72.5 Å². The number of ether oxygens (including phenoxy) is 1. The van der Waals surface area contributed by atoms with Crippen LogP contribution in [0.15, 0.2) is 12.1 Å². The fourth-order valence-corrected chi connectivity index (χ4v) is 1.89. The van der Waals surface area contributed by atoms with E-state index in [-0.39, 0.29) is 23.4 Å². The maximum absolute atomic E-state index is 12.8. The second kappa shape index (κ2) is 5.77. The monoisotopic (exact) mass is 259 g/mol. The third-order valence-corrected chi connectivity index (χ3v) is 2.77. The number of aliphatic carboxylic acids is 1. The zero-order valence-corrected chi connectivity index (χ0v) is 10.1. The molecule has 1 rings (SSSR count). The van der Waals surface area contributed by atoms with Gasteiger partial charge in [0.15, 0.2) is 0 Å². The van der Waals surface area contributed by atoms with E-state index in [4.69, 9.17) is 15.6 Å². The predicted molar refractivity (Wildman–Crippen MR) is 62.1 cm³/mol. The Morgan fingerprint density at radius 1 is 1.50 bits per heavy atom. The van der Waals surface area contributed by atoms with Gasteiger partial charge in [-0.3, -0.25) is 4.79 Å². The number of carboxylic acid groups (broad SMARTS) is 1. The Hall–Kier alpha value is -1.69. The molecule has 0 saturated heterocycles. The minimum absolute atomic E-state index is 0.0946. The highest BCUT2D eigenvalue weighted by molar-refractivity contribution is 5.78. The van der Waals surface area contributed by atoms with Crippen LogP contribution in [-0.4, -0.2) is 24.7 Å². The first-order valence-electron chi connectivity index (χ1n) is 5.32. The van der Waals surface area contributed by atoms with Crippen LogP contribution in [0, 0.1) is 6.92 Å². The zero-order valence-electron chi connectivity index (χ0n) is 10.1. The molecule has 100 valence electrons. The van der Waals surface area contributed by atoms with Crippen molar-refractivity contribution in [1.82, 2.24) is 0 Å². The van der Waals surface area contributed by atoms with E-state index in [0.29, 0.717) is 5.56 Å². The SMILES string of the molecule is COc1c(C(F)F)ccc(C)c1C(CN)C(=O)O. The van der Waals surface area contributed by atoms with Crippen molar-refractivity contribution >= 4 is 5.97 Å². The minimum atomic E-state index is -2.73. The molecule has 0 aliphatic heterocycles. The molecule has 1 aromatic carbocycles. The molecule has 0 amide bonds. The number of nitrogens with two attached hydrogens (primary N) is 1. The summed E-state index contributed by atoms with van der Waals surface area (Å²) in [6, 6.07) is 2.68. The molecule has 1 atom stereocenters. The first kappa shape index (κ1) is 14.4. The predicted octanol–water partition coefficient (Wildman–Crippen LogP) is 2.07. The lowest BCUT2D eigenvalue weighted by atomic mass is 9.91. The Morgan fingerprint density at radius 3 is 2.50 bits per heavy atom. The van der Waals surface area contributed by atoms with Gasteiger partial charge in [0, 0.05) is 12.1 Å². The normalized spacial score (nSPS) is 12.6.